The number of aromatic nitrogens is 3. The molecule has 0 bridgehead atoms. The Morgan fingerprint density at radius 1 is 1.33 bits per heavy atom. The van der Waals surface area contributed by atoms with Crippen LogP contribution < -0.4 is 5.56 Å². The molecule has 0 atom stereocenters. The maximum Gasteiger partial charge on any atom is 0.328 e. The number of thiazole rings is 1. The summed E-state index contributed by atoms with van der Waals surface area (Å²) >= 11 is 1.64. The maximum absolute atomic E-state index is 12.4. The lowest BCUT2D eigenvalue weighted by molar-refractivity contribution is -0.131. The van der Waals surface area contributed by atoms with E-state index in [1.807, 2.05) is 6.07 Å². The molecule has 3 rings (SSSR count). The Kier molecular flexibility index (Phi) is 5.36. The zero-order valence-corrected chi connectivity index (χ0v) is 15.7. The quantitative estimate of drug-likeness (QED) is 0.632. The summed E-state index contributed by atoms with van der Waals surface area (Å²) in [5.41, 5.74) is 1.68. The number of aliphatic carboxylic acids is 1. The first-order chi connectivity index (χ1) is 12.8. The van der Waals surface area contributed by atoms with E-state index in [4.69, 9.17) is 5.11 Å². The third kappa shape index (κ3) is 4.22. The largest absolute Gasteiger partial charge is 0.493 e. The summed E-state index contributed by atoms with van der Waals surface area (Å²) in [6.45, 7) is 4.22. The van der Waals surface area contributed by atoms with Gasteiger partial charge in [0, 0.05) is 24.1 Å². The summed E-state index contributed by atoms with van der Waals surface area (Å²) in [4.78, 5) is 31.7. The smallest absolute Gasteiger partial charge is 0.328 e. The Hall–Kier alpha value is -3.00. The predicted octanol–water partition coefficient (Wildman–Crippen LogP) is 2.86. The van der Waals surface area contributed by atoms with Gasteiger partial charge in [-0.3, -0.25) is 9.20 Å². The normalized spacial score (nSPS) is 11.7. The molecule has 0 unspecified atom stereocenters. The van der Waals surface area contributed by atoms with Gasteiger partial charge in [-0.1, -0.05) is 13.8 Å². The van der Waals surface area contributed by atoms with Gasteiger partial charge in [-0.15, -0.1) is 11.3 Å². The van der Waals surface area contributed by atoms with E-state index in [1.54, 1.807) is 23.6 Å². The Morgan fingerprint density at radius 3 is 2.78 bits per heavy atom. The van der Waals surface area contributed by atoms with Gasteiger partial charge in [0.05, 0.1) is 10.7 Å². The second kappa shape index (κ2) is 7.71. The van der Waals surface area contributed by atoms with Crippen LogP contribution in [0.5, 0.6) is 5.88 Å². The van der Waals surface area contributed by atoms with Gasteiger partial charge in [0.25, 0.3) is 5.56 Å². The Morgan fingerprint density at radius 2 is 2.11 bits per heavy atom. The molecule has 0 saturated carbocycles. The fourth-order valence-electron chi connectivity index (χ4n) is 2.59. The maximum atomic E-state index is 12.4. The number of aryl methyl sites for hydroxylation is 2. The van der Waals surface area contributed by atoms with Crippen LogP contribution in [-0.4, -0.2) is 30.6 Å². The van der Waals surface area contributed by atoms with Gasteiger partial charge in [-0.05, 0) is 36.1 Å². The molecule has 0 fully saturated rings. The third-order valence-electron chi connectivity index (χ3n) is 4.09. The lowest BCUT2D eigenvalue weighted by atomic mass is 10.1. The molecule has 0 aliphatic rings. The minimum Gasteiger partial charge on any atom is -0.493 e. The van der Waals surface area contributed by atoms with Crippen LogP contribution in [0.15, 0.2) is 34.6 Å². The number of pyridine rings is 1. The SMILES string of the molecule is CC(C)c1csc(CCc2ccn3c(=O)c(/C=C/C(=O)O)c(O)nc3c2)n1. The number of hydrogen-bond acceptors (Lipinski definition) is 6. The van der Waals surface area contributed by atoms with Crippen molar-refractivity contribution in [2.75, 3.05) is 0 Å². The average molecular weight is 385 g/mol. The van der Waals surface area contributed by atoms with E-state index in [0.29, 0.717) is 11.6 Å². The lowest BCUT2D eigenvalue weighted by Crippen LogP contribution is -2.18. The predicted molar refractivity (Wildman–Crippen MR) is 103 cm³/mol. The van der Waals surface area contributed by atoms with Crippen molar-refractivity contribution >= 4 is 29.0 Å². The molecule has 0 saturated heterocycles. The van der Waals surface area contributed by atoms with E-state index in [2.05, 4.69) is 29.2 Å². The standard InChI is InChI=1S/C19H19N3O4S/c1-11(2)14-10-27-16(20-14)5-3-12-7-8-22-15(9-12)21-18(25)13(19(22)26)4-6-17(23)24/h4,6-11,25H,3,5H2,1-2H3,(H,23,24)/b6-4+. The summed E-state index contributed by atoms with van der Waals surface area (Å²) in [5, 5.41) is 21.8. The monoisotopic (exact) mass is 385 g/mol. The van der Waals surface area contributed by atoms with Crippen LogP contribution in [0.3, 0.4) is 0 Å². The summed E-state index contributed by atoms with van der Waals surface area (Å²) in [6.07, 6.45) is 4.93. The summed E-state index contributed by atoms with van der Waals surface area (Å²) in [7, 11) is 0. The van der Waals surface area contributed by atoms with Gasteiger partial charge < -0.3 is 10.2 Å². The molecule has 27 heavy (non-hydrogen) atoms. The van der Waals surface area contributed by atoms with Crippen molar-refractivity contribution in [3.05, 3.63) is 62.0 Å². The van der Waals surface area contributed by atoms with Crippen molar-refractivity contribution in [2.24, 2.45) is 0 Å². The molecule has 3 heterocycles. The molecule has 0 aromatic carbocycles. The first-order valence-corrected chi connectivity index (χ1v) is 9.32. The topological polar surface area (TPSA) is 105 Å². The van der Waals surface area contributed by atoms with Crippen molar-refractivity contribution in [3.8, 4) is 5.88 Å². The van der Waals surface area contributed by atoms with Gasteiger partial charge in [0.2, 0.25) is 5.88 Å². The molecule has 3 aromatic heterocycles. The Labute approximate surface area is 159 Å². The second-order valence-corrected chi connectivity index (χ2v) is 7.35. The summed E-state index contributed by atoms with van der Waals surface area (Å²) in [6, 6.07) is 3.55. The molecule has 0 amide bonds. The van der Waals surface area contributed by atoms with Gasteiger partial charge in [-0.25, -0.2) is 9.78 Å². The number of carboxylic acid groups (broad SMARTS) is 1. The van der Waals surface area contributed by atoms with E-state index in [0.717, 1.165) is 41.3 Å². The first-order valence-electron chi connectivity index (χ1n) is 8.44. The van der Waals surface area contributed by atoms with Crippen LogP contribution in [0.2, 0.25) is 0 Å². The molecule has 7 nitrogen and oxygen atoms in total. The number of hydrogen-bond donors (Lipinski definition) is 2. The zero-order chi connectivity index (χ0) is 19.6. The highest BCUT2D eigenvalue weighted by atomic mass is 32.1. The zero-order valence-electron chi connectivity index (χ0n) is 14.9. The molecule has 0 aliphatic carbocycles. The molecule has 0 spiro atoms. The average Bonchev–Trinajstić information content (AvgIpc) is 3.08. The van der Waals surface area contributed by atoms with Gasteiger partial charge >= 0.3 is 5.97 Å². The van der Waals surface area contributed by atoms with E-state index in [-0.39, 0.29) is 5.56 Å². The van der Waals surface area contributed by atoms with Crippen LogP contribution in [0.4, 0.5) is 0 Å². The highest BCUT2D eigenvalue weighted by molar-refractivity contribution is 7.09. The lowest BCUT2D eigenvalue weighted by Gasteiger charge is -2.06. The van der Waals surface area contributed by atoms with Gasteiger partial charge in [0.15, 0.2) is 0 Å². The molecule has 0 radical (unpaired) electrons. The summed E-state index contributed by atoms with van der Waals surface area (Å²) < 4.78 is 1.28. The highest BCUT2D eigenvalue weighted by Gasteiger charge is 2.11. The number of carboxylic acids is 1. The van der Waals surface area contributed by atoms with Crippen molar-refractivity contribution < 1.29 is 15.0 Å². The van der Waals surface area contributed by atoms with Crippen molar-refractivity contribution in [1.29, 1.82) is 0 Å². The fraction of sp³-hybridized carbons (Fsp3) is 0.263. The molecule has 0 aliphatic heterocycles. The molecule has 3 aromatic rings. The fourth-order valence-corrected chi connectivity index (χ4v) is 3.55. The van der Waals surface area contributed by atoms with Crippen LogP contribution in [0.25, 0.3) is 11.7 Å². The molecule has 140 valence electrons. The van der Waals surface area contributed by atoms with E-state index in [1.165, 1.54) is 4.40 Å². The van der Waals surface area contributed by atoms with Gasteiger partial charge in [0.1, 0.15) is 11.2 Å². The number of nitrogens with zero attached hydrogens (tertiary/aromatic N) is 3. The first kappa shape index (κ1) is 18.8. The number of carbonyl (C=O) groups is 1. The van der Waals surface area contributed by atoms with Crippen molar-refractivity contribution in [2.45, 2.75) is 32.6 Å². The van der Waals surface area contributed by atoms with E-state index < -0.39 is 17.4 Å². The van der Waals surface area contributed by atoms with E-state index >= 15 is 0 Å². The Bertz CT molecular complexity index is 1080. The Balaban J connectivity index is 1.85. The molecule has 2 N–H and O–H groups in total. The minimum absolute atomic E-state index is 0.161. The van der Waals surface area contributed by atoms with Crippen LogP contribution in [0.1, 0.15) is 41.6 Å². The molecular weight excluding hydrogens is 366 g/mol. The second-order valence-electron chi connectivity index (χ2n) is 6.41. The van der Waals surface area contributed by atoms with E-state index in [9.17, 15) is 14.7 Å². The number of rotatable bonds is 6. The molecule has 8 heteroatoms. The highest BCUT2D eigenvalue weighted by Crippen LogP contribution is 2.20. The van der Waals surface area contributed by atoms with Gasteiger partial charge in [-0.2, -0.15) is 4.98 Å². The van der Waals surface area contributed by atoms with Crippen LogP contribution in [-0.2, 0) is 17.6 Å². The van der Waals surface area contributed by atoms with Crippen molar-refractivity contribution in [1.82, 2.24) is 14.4 Å². The molecular formula is C19H19N3O4S. The van der Waals surface area contributed by atoms with Crippen LogP contribution >= 0.6 is 11.3 Å². The third-order valence-corrected chi connectivity index (χ3v) is 5.02. The summed E-state index contributed by atoms with van der Waals surface area (Å²) in [5.74, 6) is -1.30. The van der Waals surface area contributed by atoms with Crippen molar-refractivity contribution in [3.63, 3.8) is 0 Å². The number of aromatic hydroxyl groups is 1. The van der Waals surface area contributed by atoms with Crippen LogP contribution in [0, 0.1) is 0 Å². The number of fused-ring (bicyclic) bond motifs is 1. The minimum atomic E-state index is -1.21.